The second-order valence-electron chi connectivity index (χ2n) is 2.93. The molecule has 11 heavy (non-hydrogen) atoms. The number of hydrogen-bond acceptors (Lipinski definition) is 1. The van der Waals surface area contributed by atoms with Crippen molar-refractivity contribution in [3.05, 3.63) is 0 Å². The van der Waals surface area contributed by atoms with Crippen LogP contribution in [0.1, 0.15) is 25.7 Å². The SMILES string of the molecule is O=C(CCl)[N+]1CCCCCC1. The quantitative estimate of drug-likeness (QED) is 0.437. The summed E-state index contributed by atoms with van der Waals surface area (Å²) in [7, 11) is 0. The van der Waals surface area contributed by atoms with Crippen molar-refractivity contribution in [3.63, 3.8) is 0 Å². The minimum atomic E-state index is 0.0913. The van der Waals surface area contributed by atoms with E-state index in [0.717, 1.165) is 25.9 Å². The molecule has 0 bridgehead atoms. The van der Waals surface area contributed by atoms with Crippen LogP contribution in [0.2, 0.25) is 0 Å². The number of halogens is 1. The summed E-state index contributed by atoms with van der Waals surface area (Å²) >= 11 is 5.45. The lowest BCUT2D eigenvalue weighted by Crippen LogP contribution is -2.38. The monoisotopic (exact) mass is 175 g/mol. The van der Waals surface area contributed by atoms with Crippen LogP contribution in [0.25, 0.3) is 0 Å². The molecule has 1 saturated heterocycles. The van der Waals surface area contributed by atoms with Crippen LogP contribution in [0, 0.1) is 0 Å². The molecule has 0 aromatic heterocycles. The number of nitrogens with zero attached hydrogens (tertiary/aromatic N) is 1. The molecule has 1 amide bonds. The summed E-state index contributed by atoms with van der Waals surface area (Å²) in [5, 5.41) is 0. The van der Waals surface area contributed by atoms with E-state index in [0.29, 0.717) is 0 Å². The van der Waals surface area contributed by atoms with Crippen LogP contribution in [0.15, 0.2) is 0 Å². The molecular weight excluding hydrogens is 162 g/mol. The van der Waals surface area contributed by atoms with Crippen LogP contribution in [-0.2, 0) is 4.79 Å². The highest BCUT2D eigenvalue weighted by Crippen LogP contribution is 2.07. The van der Waals surface area contributed by atoms with E-state index in [9.17, 15) is 4.79 Å². The van der Waals surface area contributed by atoms with E-state index in [4.69, 9.17) is 11.6 Å². The van der Waals surface area contributed by atoms with E-state index in [1.807, 2.05) is 4.90 Å². The molecule has 1 radical (unpaired) electrons. The van der Waals surface area contributed by atoms with Crippen molar-refractivity contribution in [2.24, 2.45) is 0 Å². The largest absolute Gasteiger partial charge is 0.375 e. The van der Waals surface area contributed by atoms with Gasteiger partial charge in [0, 0.05) is 12.8 Å². The van der Waals surface area contributed by atoms with Gasteiger partial charge in [0.2, 0.25) is 0 Å². The first-order valence-electron chi connectivity index (χ1n) is 4.18. The molecule has 1 fully saturated rings. The van der Waals surface area contributed by atoms with Crippen LogP contribution in [0.4, 0.5) is 0 Å². The average molecular weight is 176 g/mol. The molecule has 0 N–H and O–H groups in total. The molecule has 2 nitrogen and oxygen atoms in total. The van der Waals surface area contributed by atoms with Gasteiger partial charge in [0.25, 0.3) is 0 Å². The first kappa shape index (κ1) is 9.01. The lowest BCUT2D eigenvalue weighted by molar-refractivity contribution is -0.123. The Hall–Kier alpha value is -0.0800. The lowest BCUT2D eigenvalue weighted by Gasteiger charge is -2.03. The van der Waals surface area contributed by atoms with Gasteiger partial charge in [-0.3, -0.25) is 0 Å². The van der Waals surface area contributed by atoms with Crippen LogP contribution in [0.3, 0.4) is 0 Å². The molecule has 0 aromatic carbocycles. The highest BCUT2D eigenvalue weighted by atomic mass is 35.5. The van der Waals surface area contributed by atoms with E-state index in [1.54, 1.807) is 0 Å². The highest BCUT2D eigenvalue weighted by molar-refractivity contribution is 6.27. The zero-order valence-corrected chi connectivity index (χ0v) is 7.44. The molecule has 1 heterocycles. The third-order valence-electron chi connectivity index (χ3n) is 2.07. The Labute approximate surface area is 72.5 Å². The van der Waals surface area contributed by atoms with Crippen molar-refractivity contribution in [1.29, 1.82) is 0 Å². The zero-order chi connectivity index (χ0) is 8.10. The fourth-order valence-electron chi connectivity index (χ4n) is 1.40. The van der Waals surface area contributed by atoms with Crippen molar-refractivity contribution < 1.29 is 4.79 Å². The standard InChI is InChI=1S/C8H14ClNO/c9-7-8(11)10-5-3-1-2-4-6-10/h1-7H2/q+1. The fourth-order valence-corrected chi connectivity index (χ4v) is 1.57. The normalized spacial score (nSPS) is 21.2. The third kappa shape index (κ3) is 2.80. The number of carbonyl (C=O) groups excluding carboxylic acids is 1. The Morgan fingerprint density at radius 1 is 1.18 bits per heavy atom. The van der Waals surface area contributed by atoms with Crippen LogP contribution in [-0.4, -0.2) is 24.9 Å². The molecule has 1 aliphatic rings. The highest BCUT2D eigenvalue weighted by Gasteiger charge is 2.25. The van der Waals surface area contributed by atoms with Gasteiger partial charge in [-0.2, -0.15) is 0 Å². The minimum Gasteiger partial charge on any atom is -0.224 e. The summed E-state index contributed by atoms with van der Waals surface area (Å²) in [6.07, 6.45) is 4.80. The number of amides is 1. The number of carbonyl (C=O) groups is 1. The Morgan fingerprint density at radius 2 is 1.73 bits per heavy atom. The molecular formula is C8H14ClNO+. The Kier molecular flexibility index (Phi) is 3.87. The first-order valence-corrected chi connectivity index (χ1v) is 4.72. The summed E-state index contributed by atoms with van der Waals surface area (Å²) in [5.74, 6) is 0.230. The second kappa shape index (κ2) is 4.73. The summed E-state index contributed by atoms with van der Waals surface area (Å²) in [5.41, 5.74) is 0. The van der Waals surface area contributed by atoms with Gasteiger partial charge in [0.1, 0.15) is 19.0 Å². The van der Waals surface area contributed by atoms with Gasteiger partial charge in [0.05, 0.1) is 0 Å². The van der Waals surface area contributed by atoms with Crippen molar-refractivity contribution in [2.75, 3.05) is 19.0 Å². The predicted octanol–water partition coefficient (Wildman–Crippen LogP) is 1.47. The lowest BCUT2D eigenvalue weighted by atomic mass is 10.2. The summed E-state index contributed by atoms with van der Waals surface area (Å²) < 4.78 is 0. The molecule has 0 spiro atoms. The third-order valence-corrected chi connectivity index (χ3v) is 2.30. The van der Waals surface area contributed by atoms with Gasteiger partial charge < -0.3 is 0 Å². The van der Waals surface area contributed by atoms with Gasteiger partial charge in [-0.15, -0.1) is 16.5 Å². The van der Waals surface area contributed by atoms with Gasteiger partial charge >= 0.3 is 5.91 Å². The molecule has 0 aromatic rings. The van der Waals surface area contributed by atoms with Crippen LogP contribution in [0.5, 0.6) is 0 Å². The van der Waals surface area contributed by atoms with Crippen molar-refractivity contribution in [2.45, 2.75) is 25.7 Å². The molecule has 0 saturated carbocycles. The Bertz CT molecular complexity index is 130. The smallest absolute Gasteiger partial charge is 0.224 e. The maximum atomic E-state index is 11.1. The van der Waals surface area contributed by atoms with E-state index in [2.05, 4.69) is 0 Å². The number of hydrogen-bond donors (Lipinski definition) is 0. The Morgan fingerprint density at radius 3 is 2.18 bits per heavy atom. The van der Waals surface area contributed by atoms with Gasteiger partial charge in [-0.1, -0.05) is 0 Å². The maximum absolute atomic E-state index is 11.1. The van der Waals surface area contributed by atoms with Gasteiger partial charge in [-0.05, 0) is 12.8 Å². The molecule has 1 aliphatic heterocycles. The molecule has 0 atom stereocenters. The molecule has 0 unspecified atom stereocenters. The van der Waals surface area contributed by atoms with Crippen molar-refractivity contribution in [1.82, 2.24) is 4.90 Å². The summed E-state index contributed by atoms with van der Waals surface area (Å²) in [4.78, 5) is 13.0. The van der Waals surface area contributed by atoms with E-state index in [1.165, 1.54) is 12.8 Å². The Balaban J connectivity index is 2.36. The van der Waals surface area contributed by atoms with Crippen molar-refractivity contribution >= 4 is 17.5 Å². The fraction of sp³-hybridized carbons (Fsp3) is 0.875. The average Bonchev–Trinajstić information content (AvgIpc) is 2.30. The minimum absolute atomic E-state index is 0.0913. The first-order chi connectivity index (χ1) is 5.34. The van der Waals surface area contributed by atoms with Gasteiger partial charge in [-0.25, -0.2) is 4.79 Å². The molecule has 63 valence electrons. The van der Waals surface area contributed by atoms with Gasteiger partial charge in [0.15, 0.2) is 0 Å². The van der Waals surface area contributed by atoms with Crippen molar-refractivity contribution in [3.8, 4) is 0 Å². The number of alkyl halides is 1. The molecule has 3 heteroatoms. The second-order valence-corrected chi connectivity index (χ2v) is 3.20. The zero-order valence-electron chi connectivity index (χ0n) is 6.68. The number of likely N-dealkylation sites (tertiary alicyclic amines) is 1. The molecule has 1 rings (SSSR count). The molecule has 0 aliphatic carbocycles. The predicted molar refractivity (Wildman–Crippen MR) is 46.1 cm³/mol. The summed E-state index contributed by atoms with van der Waals surface area (Å²) in [6, 6.07) is 0. The van der Waals surface area contributed by atoms with Crippen LogP contribution < -0.4 is 4.90 Å². The van der Waals surface area contributed by atoms with Crippen LogP contribution >= 0.6 is 11.6 Å². The van der Waals surface area contributed by atoms with E-state index >= 15 is 0 Å². The van der Waals surface area contributed by atoms with E-state index in [-0.39, 0.29) is 11.8 Å². The topological polar surface area (TPSA) is 23.0 Å². The number of rotatable bonds is 1. The van der Waals surface area contributed by atoms with E-state index < -0.39 is 0 Å². The maximum Gasteiger partial charge on any atom is 0.375 e. The summed E-state index contributed by atoms with van der Waals surface area (Å²) in [6.45, 7) is 1.82.